The van der Waals surface area contributed by atoms with Crippen molar-refractivity contribution in [2.24, 2.45) is 0 Å². The predicted octanol–water partition coefficient (Wildman–Crippen LogP) is 0.318. The van der Waals surface area contributed by atoms with E-state index in [1.54, 1.807) is 6.92 Å². The Labute approximate surface area is 109 Å². The van der Waals surface area contributed by atoms with Gasteiger partial charge in [-0.1, -0.05) is 11.6 Å². The van der Waals surface area contributed by atoms with E-state index in [2.05, 4.69) is 15.3 Å². The smallest absolute Gasteiger partial charge is 0.271 e. The minimum atomic E-state index is -0.607. The number of nitrogens with one attached hydrogen (secondary N) is 1. The summed E-state index contributed by atoms with van der Waals surface area (Å²) in [7, 11) is 0. The molecule has 98 valence electrons. The average molecular weight is 272 g/mol. The van der Waals surface area contributed by atoms with E-state index in [4.69, 9.17) is 16.3 Å². The Kier molecular flexibility index (Phi) is 4.11. The Morgan fingerprint density at radius 1 is 1.67 bits per heavy atom. The molecule has 18 heavy (non-hydrogen) atoms. The highest BCUT2D eigenvalue weighted by atomic mass is 35.5. The van der Waals surface area contributed by atoms with Crippen molar-refractivity contribution in [2.45, 2.75) is 25.5 Å². The van der Waals surface area contributed by atoms with E-state index in [9.17, 15) is 9.90 Å². The van der Waals surface area contributed by atoms with Crippen LogP contribution in [-0.4, -0.2) is 46.3 Å². The van der Waals surface area contributed by atoms with Crippen molar-refractivity contribution in [2.75, 3.05) is 13.2 Å². The summed E-state index contributed by atoms with van der Waals surface area (Å²) in [5.41, 5.74) is 0.113. The molecule has 2 rings (SSSR count). The van der Waals surface area contributed by atoms with Crippen molar-refractivity contribution >= 4 is 17.5 Å². The number of nitrogens with zero attached hydrogens (tertiary/aromatic N) is 2. The number of carbonyl (C=O) groups is 1. The predicted molar refractivity (Wildman–Crippen MR) is 64.5 cm³/mol. The molecule has 0 unspecified atom stereocenters. The van der Waals surface area contributed by atoms with Crippen molar-refractivity contribution in [3.05, 3.63) is 22.7 Å². The molecule has 1 aromatic rings. The Balaban J connectivity index is 2.09. The summed E-state index contributed by atoms with van der Waals surface area (Å²) >= 11 is 5.87. The molecule has 0 aliphatic carbocycles. The quantitative estimate of drug-likeness (QED) is 0.809. The molecule has 6 nitrogen and oxygen atoms in total. The molecule has 1 aliphatic heterocycles. The van der Waals surface area contributed by atoms with E-state index in [0.717, 1.165) is 0 Å². The summed E-state index contributed by atoms with van der Waals surface area (Å²) in [5, 5.41) is 12.6. The Morgan fingerprint density at radius 2 is 2.44 bits per heavy atom. The van der Waals surface area contributed by atoms with Gasteiger partial charge in [-0.25, -0.2) is 9.97 Å². The van der Waals surface area contributed by atoms with E-state index in [0.29, 0.717) is 18.9 Å². The van der Waals surface area contributed by atoms with Crippen LogP contribution in [0.1, 0.15) is 22.7 Å². The molecule has 7 heteroatoms. The van der Waals surface area contributed by atoms with Crippen molar-refractivity contribution in [3.63, 3.8) is 0 Å². The second-order valence-electron chi connectivity index (χ2n) is 4.12. The fraction of sp³-hybridized carbons (Fsp3) is 0.545. The lowest BCUT2D eigenvalue weighted by Crippen LogP contribution is -2.49. The standard InChI is InChI=1S/C11H14ClN3O3/c1-6-13-4-7(12)10(14-6)11(17)15-8-5-18-3-2-9(8)16/h4,8-9,16H,2-3,5H2,1H3,(H,15,17)/t8-,9-/m1/s1. The van der Waals surface area contributed by atoms with Crippen LogP contribution in [0, 0.1) is 6.92 Å². The van der Waals surface area contributed by atoms with Gasteiger partial charge in [-0.3, -0.25) is 4.79 Å². The molecule has 2 heterocycles. The molecule has 1 saturated heterocycles. The summed E-state index contributed by atoms with van der Waals surface area (Å²) < 4.78 is 5.20. The third kappa shape index (κ3) is 2.95. The first-order valence-corrected chi connectivity index (χ1v) is 6.01. The van der Waals surface area contributed by atoms with E-state index >= 15 is 0 Å². The normalized spacial score (nSPS) is 23.7. The molecular weight excluding hydrogens is 258 g/mol. The number of carbonyl (C=O) groups excluding carboxylic acids is 1. The summed E-state index contributed by atoms with van der Waals surface area (Å²) in [6.07, 6.45) is 1.28. The van der Waals surface area contributed by atoms with Crippen LogP contribution in [0.25, 0.3) is 0 Å². The maximum atomic E-state index is 12.0. The van der Waals surface area contributed by atoms with Gasteiger partial charge in [0.2, 0.25) is 0 Å². The highest BCUT2D eigenvalue weighted by molar-refractivity contribution is 6.33. The van der Waals surface area contributed by atoms with Crippen LogP contribution in [0.5, 0.6) is 0 Å². The van der Waals surface area contributed by atoms with Crippen LogP contribution in [0.4, 0.5) is 0 Å². The van der Waals surface area contributed by atoms with Gasteiger partial charge < -0.3 is 15.2 Å². The minimum absolute atomic E-state index is 0.113. The minimum Gasteiger partial charge on any atom is -0.391 e. The fourth-order valence-corrected chi connectivity index (χ4v) is 1.89. The lowest BCUT2D eigenvalue weighted by atomic mass is 10.1. The van der Waals surface area contributed by atoms with Crippen molar-refractivity contribution in [1.29, 1.82) is 0 Å². The summed E-state index contributed by atoms with van der Waals surface area (Å²) in [6, 6.07) is -0.433. The number of aryl methyl sites for hydroxylation is 1. The zero-order valence-corrected chi connectivity index (χ0v) is 10.6. The Hall–Kier alpha value is -1.24. The number of aliphatic hydroxyl groups excluding tert-OH is 1. The summed E-state index contributed by atoms with van der Waals surface area (Å²) in [5.74, 6) is 0.0324. The van der Waals surface area contributed by atoms with Crippen LogP contribution in [0.15, 0.2) is 6.20 Å². The van der Waals surface area contributed by atoms with Gasteiger partial charge in [-0.15, -0.1) is 0 Å². The molecule has 0 radical (unpaired) electrons. The van der Waals surface area contributed by atoms with Crippen molar-refractivity contribution < 1.29 is 14.6 Å². The molecule has 1 aliphatic rings. The second-order valence-corrected chi connectivity index (χ2v) is 4.53. The van der Waals surface area contributed by atoms with Crippen LogP contribution in [-0.2, 0) is 4.74 Å². The number of halogens is 1. The Bertz CT molecular complexity index is 455. The molecule has 1 aromatic heterocycles. The number of rotatable bonds is 2. The van der Waals surface area contributed by atoms with Gasteiger partial charge in [0.1, 0.15) is 11.5 Å². The third-order valence-corrected chi connectivity index (χ3v) is 2.99. The van der Waals surface area contributed by atoms with Gasteiger partial charge in [-0.05, 0) is 13.3 Å². The SMILES string of the molecule is Cc1ncc(Cl)c(C(=O)N[C@@H]2COCC[C@H]2O)n1. The number of aliphatic hydroxyl groups is 1. The van der Waals surface area contributed by atoms with Gasteiger partial charge in [0.05, 0.1) is 30.0 Å². The number of hydrogen-bond donors (Lipinski definition) is 2. The lowest BCUT2D eigenvalue weighted by Gasteiger charge is -2.28. The lowest BCUT2D eigenvalue weighted by molar-refractivity contribution is -0.0140. The molecule has 2 atom stereocenters. The molecular formula is C11H14ClN3O3. The molecule has 2 N–H and O–H groups in total. The molecule has 0 spiro atoms. The van der Waals surface area contributed by atoms with Crippen molar-refractivity contribution in [1.82, 2.24) is 15.3 Å². The number of hydrogen-bond acceptors (Lipinski definition) is 5. The molecule has 0 aromatic carbocycles. The highest BCUT2D eigenvalue weighted by Gasteiger charge is 2.26. The first-order chi connectivity index (χ1) is 8.58. The number of amides is 1. The summed E-state index contributed by atoms with van der Waals surface area (Å²) in [4.78, 5) is 19.9. The van der Waals surface area contributed by atoms with Crippen molar-refractivity contribution in [3.8, 4) is 0 Å². The average Bonchev–Trinajstić information content (AvgIpc) is 2.35. The molecule has 0 saturated carbocycles. The maximum Gasteiger partial charge on any atom is 0.271 e. The van der Waals surface area contributed by atoms with Crippen LogP contribution < -0.4 is 5.32 Å². The van der Waals surface area contributed by atoms with Gasteiger partial charge in [0.15, 0.2) is 0 Å². The topological polar surface area (TPSA) is 84.3 Å². The number of aromatic nitrogens is 2. The van der Waals surface area contributed by atoms with Gasteiger partial charge >= 0.3 is 0 Å². The van der Waals surface area contributed by atoms with E-state index < -0.39 is 18.1 Å². The summed E-state index contributed by atoms with van der Waals surface area (Å²) in [6.45, 7) is 2.46. The van der Waals surface area contributed by atoms with E-state index in [1.807, 2.05) is 0 Å². The molecule has 0 bridgehead atoms. The van der Waals surface area contributed by atoms with Crippen LogP contribution in [0.2, 0.25) is 5.02 Å². The van der Waals surface area contributed by atoms with Gasteiger partial charge in [-0.2, -0.15) is 0 Å². The zero-order chi connectivity index (χ0) is 13.1. The zero-order valence-electron chi connectivity index (χ0n) is 9.89. The second kappa shape index (κ2) is 5.60. The number of ether oxygens (including phenoxy) is 1. The van der Waals surface area contributed by atoms with Crippen LogP contribution >= 0.6 is 11.6 Å². The maximum absolute atomic E-state index is 12.0. The van der Waals surface area contributed by atoms with Gasteiger partial charge in [0.25, 0.3) is 5.91 Å². The van der Waals surface area contributed by atoms with E-state index in [1.165, 1.54) is 6.20 Å². The molecule has 1 fully saturated rings. The van der Waals surface area contributed by atoms with Gasteiger partial charge in [0, 0.05) is 6.61 Å². The van der Waals surface area contributed by atoms with Crippen LogP contribution in [0.3, 0.4) is 0 Å². The first-order valence-electron chi connectivity index (χ1n) is 5.63. The van der Waals surface area contributed by atoms with E-state index in [-0.39, 0.29) is 17.3 Å². The largest absolute Gasteiger partial charge is 0.391 e. The highest BCUT2D eigenvalue weighted by Crippen LogP contribution is 2.13. The fourth-order valence-electron chi connectivity index (χ4n) is 1.72. The third-order valence-electron chi connectivity index (χ3n) is 2.72. The first kappa shape index (κ1) is 13.2. The Morgan fingerprint density at radius 3 is 3.17 bits per heavy atom. The molecule has 1 amide bonds. The monoisotopic (exact) mass is 271 g/mol.